The molecule has 2 rings (SSSR count). The molecule has 0 unspecified atom stereocenters. The lowest BCUT2D eigenvalue weighted by molar-refractivity contribution is -0.111. The van der Waals surface area contributed by atoms with Crippen molar-refractivity contribution in [3.8, 4) is 0 Å². The predicted octanol–water partition coefficient (Wildman–Crippen LogP) is 2.94. The number of hydrogen-bond donors (Lipinski definition) is 1. The summed E-state index contributed by atoms with van der Waals surface area (Å²) in [5.74, 6) is 1.08. The lowest BCUT2D eigenvalue weighted by Gasteiger charge is -2.10. The Balaban J connectivity index is 1.97. The van der Waals surface area contributed by atoms with E-state index in [1.54, 1.807) is 50.5 Å². The Bertz CT molecular complexity index is 697. The molecule has 0 aliphatic carbocycles. The maximum atomic E-state index is 11.8. The van der Waals surface area contributed by atoms with Gasteiger partial charge in [0.1, 0.15) is 11.5 Å². The average Bonchev–Trinajstić information content (AvgIpc) is 2.91. The van der Waals surface area contributed by atoms with Gasteiger partial charge in [-0.1, -0.05) is 0 Å². The van der Waals surface area contributed by atoms with E-state index >= 15 is 0 Å². The van der Waals surface area contributed by atoms with E-state index in [9.17, 15) is 9.59 Å². The largest absolute Gasteiger partial charge is 0.462 e. The second-order valence-electron chi connectivity index (χ2n) is 5.05. The van der Waals surface area contributed by atoms with Crippen molar-refractivity contribution in [3.05, 3.63) is 59.6 Å². The van der Waals surface area contributed by atoms with Gasteiger partial charge in [0.05, 0.1) is 0 Å². The molecule has 2 aromatic rings. The van der Waals surface area contributed by atoms with E-state index in [1.807, 2.05) is 13.0 Å². The van der Waals surface area contributed by atoms with Gasteiger partial charge in [-0.2, -0.15) is 0 Å². The van der Waals surface area contributed by atoms with Crippen molar-refractivity contribution < 1.29 is 14.0 Å². The van der Waals surface area contributed by atoms with Crippen LogP contribution in [-0.4, -0.2) is 30.8 Å². The van der Waals surface area contributed by atoms with Crippen LogP contribution in [0.4, 0.5) is 5.69 Å². The zero-order valence-electron chi connectivity index (χ0n) is 12.8. The normalized spacial score (nSPS) is 10.7. The van der Waals surface area contributed by atoms with Crippen LogP contribution in [0.15, 0.2) is 46.9 Å². The second-order valence-corrected chi connectivity index (χ2v) is 5.05. The molecule has 1 aromatic heterocycles. The highest BCUT2D eigenvalue weighted by Gasteiger charge is 2.07. The first-order valence-electron chi connectivity index (χ1n) is 6.83. The van der Waals surface area contributed by atoms with Crippen molar-refractivity contribution >= 4 is 23.6 Å². The molecule has 0 radical (unpaired) electrons. The predicted molar refractivity (Wildman–Crippen MR) is 85.6 cm³/mol. The number of benzene rings is 1. The molecule has 0 saturated heterocycles. The third-order valence-electron chi connectivity index (χ3n) is 2.97. The molecule has 0 bridgehead atoms. The number of amides is 2. The summed E-state index contributed by atoms with van der Waals surface area (Å²) in [6.45, 7) is 1.84. The molecule has 22 heavy (non-hydrogen) atoms. The number of furan rings is 1. The Morgan fingerprint density at radius 2 is 1.77 bits per heavy atom. The van der Waals surface area contributed by atoms with E-state index in [1.165, 1.54) is 11.0 Å². The number of hydrogen-bond acceptors (Lipinski definition) is 3. The van der Waals surface area contributed by atoms with Gasteiger partial charge in [-0.25, -0.2) is 0 Å². The van der Waals surface area contributed by atoms with Gasteiger partial charge in [-0.05, 0) is 49.4 Å². The topological polar surface area (TPSA) is 62.6 Å². The highest BCUT2D eigenvalue weighted by molar-refractivity contribution is 6.02. The molecular formula is C17H18N2O3. The van der Waals surface area contributed by atoms with Crippen molar-refractivity contribution in [1.82, 2.24) is 4.90 Å². The maximum absolute atomic E-state index is 11.8. The van der Waals surface area contributed by atoms with Crippen LogP contribution in [0, 0.1) is 6.92 Å². The van der Waals surface area contributed by atoms with Crippen LogP contribution in [0.3, 0.4) is 0 Å². The van der Waals surface area contributed by atoms with Gasteiger partial charge in [-0.3, -0.25) is 9.59 Å². The summed E-state index contributed by atoms with van der Waals surface area (Å²) in [4.78, 5) is 25.1. The zero-order chi connectivity index (χ0) is 16.1. The van der Waals surface area contributed by atoms with Crippen LogP contribution in [0.2, 0.25) is 0 Å². The van der Waals surface area contributed by atoms with Gasteiger partial charge in [0.2, 0.25) is 5.91 Å². The summed E-state index contributed by atoms with van der Waals surface area (Å²) >= 11 is 0. The van der Waals surface area contributed by atoms with E-state index in [2.05, 4.69) is 5.32 Å². The van der Waals surface area contributed by atoms with Gasteiger partial charge in [-0.15, -0.1) is 0 Å². The molecule has 1 aromatic carbocycles. The molecule has 0 aliphatic heterocycles. The number of nitrogens with zero attached hydrogens (tertiary/aromatic N) is 1. The molecule has 5 heteroatoms. The molecule has 5 nitrogen and oxygen atoms in total. The number of aryl methyl sites for hydroxylation is 1. The van der Waals surface area contributed by atoms with Crippen molar-refractivity contribution in [3.63, 3.8) is 0 Å². The van der Waals surface area contributed by atoms with Crippen molar-refractivity contribution in [2.24, 2.45) is 0 Å². The van der Waals surface area contributed by atoms with Crippen molar-refractivity contribution in [2.75, 3.05) is 19.4 Å². The maximum Gasteiger partial charge on any atom is 0.253 e. The molecule has 2 amide bonds. The minimum atomic E-state index is -0.263. The highest BCUT2D eigenvalue weighted by atomic mass is 16.3. The molecule has 1 N–H and O–H groups in total. The van der Waals surface area contributed by atoms with Gasteiger partial charge in [0.15, 0.2) is 0 Å². The molecule has 1 heterocycles. The smallest absolute Gasteiger partial charge is 0.253 e. The average molecular weight is 298 g/mol. The fraction of sp³-hybridized carbons (Fsp3) is 0.176. The SMILES string of the molecule is Cc1ccc(/C=C/C(=O)Nc2ccc(C(=O)N(C)C)cc2)o1. The Kier molecular flexibility index (Phi) is 4.78. The van der Waals surface area contributed by atoms with Gasteiger partial charge < -0.3 is 14.6 Å². The molecule has 0 atom stereocenters. The summed E-state index contributed by atoms with van der Waals surface area (Å²) in [7, 11) is 3.39. The lowest BCUT2D eigenvalue weighted by Crippen LogP contribution is -2.21. The van der Waals surface area contributed by atoms with Crippen molar-refractivity contribution in [2.45, 2.75) is 6.92 Å². The van der Waals surface area contributed by atoms with Gasteiger partial charge in [0.25, 0.3) is 5.91 Å². The fourth-order valence-electron chi connectivity index (χ4n) is 1.84. The van der Waals surface area contributed by atoms with Crippen LogP contribution in [0.1, 0.15) is 21.9 Å². The summed E-state index contributed by atoms with van der Waals surface area (Å²) in [5, 5.41) is 2.72. The standard InChI is InChI=1S/C17H18N2O3/c1-12-4-9-15(22-12)10-11-16(20)18-14-7-5-13(6-8-14)17(21)19(2)3/h4-11H,1-3H3,(H,18,20)/b11-10+. The van der Waals surface area contributed by atoms with Crippen LogP contribution in [0.5, 0.6) is 0 Å². The Hall–Kier alpha value is -2.82. The molecule has 0 spiro atoms. The molecule has 0 aliphatic rings. The summed E-state index contributed by atoms with van der Waals surface area (Å²) in [6.07, 6.45) is 3.00. The van der Waals surface area contributed by atoms with Crippen LogP contribution in [-0.2, 0) is 4.79 Å². The first-order chi connectivity index (χ1) is 10.5. The van der Waals surface area contributed by atoms with E-state index in [0.717, 1.165) is 5.76 Å². The van der Waals surface area contributed by atoms with Crippen molar-refractivity contribution in [1.29, 1.82) is 0 Å². The Morgan fingerprint density at radius 3 is 2.32 bits per heavy atom. The molecule has 0 fully saturated rings. The van der Waals surface area contributed by atoms with E-state index in [-0.39, 0.29) is 11.8 Å². The number of carbonyl (C=O) groups excluding carboxylic acids is 2. The third kappa shape index (κ3) is 4.09. The number of rotatable bonds is 4. The van der Waals surface area contributed by atoms with E-state index in [4.69, 9.17) is 4.42 Å². The zero-order valence-corrected chi connectivity index (χ0v) is 12.8. The van der Waals surface area contributed by atoms with Gasteiger partial charge >= 0.3 is 0 Å². The fourth-order valence-corrected chi connectivity index (χ4v) is 1.84. The molecule has 0 saturated carbocycles. The molecular weight excluding hydrogens is 280 g/mol. The van der Waals surface area contributed by atoms with E-state index in [0.29, 0.717) is 17.0 Å². The number of carbonyl (C=O) groups is 2. The minimum Gasteiger partial charge on any atom is -0.462 e. The Morgan fingerprint density at radius 1 is 1.09 bits per heavy atom. The minimum absolute atomic E-state index is 0.0778. The first kappa shape index (κ1) is 15.6. The highest BCUT2D eigenvalue weighted by Crippen LogP contribution is 2.12. The summed E-state index contributed by atoms with van der Waals surface area (Å²) < 4.78 is 5.34. The van der Waals surface area contributed by atoms with Crippen LogP contribution < -0.4 is 5.32 Å². The number of anilines is 1. The second kappa shape index (κ2) is 6.76. The van der Waals surface area contributed by atoms with Crippen LogP contribution >= 0.6 is 0 Å². The Labute approximate surface area is 129 Å². The number of nitrogens with one attached hydrogen (secondary N) is 1. The monoisotopic (exact) mass is 298 g/mol. The first-order valence-corrected chi connectivity index (χ1v) is 6.83. The van der Waals surface area contributed by atoms with E-state index < -0.39 is 0 Å². The lowest BCUT2D eigenvalue weighted by atomic mass is 10.2. The third-order valence-corrected chi connectivity index (χ3v) is 2.97. The van der Waals surface area contributed by atoms with Gasteiger partial charge in [0, 0.05) is 31.4 Å². The van der Waals surface area contributed by atoms with Crippen LogP contribution in [0.25, 0.3) is 6.08 Å². The quantitative estimate of drug-likeness (QED) is 0.883. The summed E-state index contributed by atoms with van der Waals surface area (Å²) in [5.41, 5.74) is 1.20. The summed E-state index contributed by atoms with van der Waals surface area (Å²) in [6, 6.07) is 10.4. The molecule has 114 valence electrons.